The van der Waals surface area contributed by atoms with Crippen LogP contribution in [0.25, 0.3) is 10.8 Å². The van der Waals surface area contributed by atoms with Gasteiger partial charge >= 0.3 is 5.97 Å². The van der Waals surface area contributed by atoms with Crippen molar-refractivity contribution in [2.24, 2.45) is 0 Å². The summed E-state index contributed by atoms with van der Waals surface area (Å²) < 4.78 is 16.2. The Hall–Kier alpha value is -1.95. The number of hydrogen-bond acceptors (Lipinski definition) is 4. The fourth-order valence-electron chi connectivity index (χ4n) is 2.50. The van der Waals surface area contributed by atoms with Crippen molar-refractivity contribution in [3.05, 3.63) is 47.0 Å². The van der Waals surface area contributed by atoms with Crippen molar-refractivity contribution in [3.8, 4) is 0 Å². The minimum absolute atomic E-state index is 0.258. The first kappa shape index (κ1) is 13.1. The Balaban J connectivity index is 2.18. The largest absolute Gasteiger partial charge is 0.478 e. The lowest BCUT2D eigenvalue weighted by Crippen LogP contribution is -2.01. The van der Waals surface area contributed by atoms with Gasteiger partial charge < -0.3 is 19.3 Å². The van der Waals surface area contributed by atoms with Crippen LogP contribution >= 0.6 is 0 Å². The Labute approximate surface area is 115 Å². The number of hydrogen-bond donors (Lipinski definition) is 1. The molecule has 3 rings (SSSR count). The maximum Gasteiger partial charge on any atom is 0.335 e. The fourth-order valence-corrected chi connectivity index (χ4v) is 2.50. The third-order valence-electron chi connectivity index (χ3n) is 3.47. The summed E-state index contributed by atoms with van der Waals surface area (Å²) in [6, 6.07) is 8.85. The van der Waals surface area contributed by atoms with E-state index in [2.05, 4.69) is 0 Å². The zero-order chi connectivity index (χ0) is 14.3. The van der Waals surface area contributed by atoms with Gasteiger partial charge in [0, 0.05) is 25.3 Å². The lowest BCUT2D eigenvalue weighted by molar-refractivity contribution is -0.217. The number of carboxylic acids is 1. The normalized spacial score (nSPS) is 21.1. The molecule has 0 fully saturated rings. The number of carboxylic acid groups (broad SMARTS) is 1. The smallest absolute Gasteiger partial charge is 0.335 e. The maximum absolute atomic E-state index is 11.0. The molecule has 2 atom stereocenters. The number of ether oxygens (including phenoxy) is 3. The molecule has 1 heterocycles. The summed E-state index contributed by atoms with van der Waals surface area (Å²) in [4.78, 5) is 11.0. The Morgan fingerprint density at radius 1 is 1.05 bits per heavy atom. The van der Waals surface area contributed by atoms with E-state index in [9.17, 15) is 4.79 Å². The number of fused-ring (bicyclic) bond motifs is 2. The zero-order valence-electron chi connectivity index (χ0n) is 11.1. The zero-order valence-corrected chi connectivity index (χ0v) is 11.1. The molecule has 5 heteroatoms. The van der Waals surface area contributed by atoms with Gasteiger partial charge in [0.25, 0.3) is 0 Å². The summed E-state index contributed by atoms with van der Waals surface area (Å²) in [5.41, 5.74) is 2.04. The van der Waals surface area contributed by atoms with Crippen molar-refractivity contribution in [2.45, 2.75) is 12.6 Å². The standard InChI is InChI=1S/C15H14O5/c1-18-14-11-6-8-3-4-9(13(16)17)5-10(8)7-12(11)15(19-2)20-14/h3-7,14-15H,1-2H3,(H,16,17)/t14-,15-/m1/s1. The highest BCUT2D eigenvalue weighted by molar-refractivity contribution is 5.95. The first-order valence-electron chi connectivity index (χ1n) is 6.16. The summed E-state index contributed by atoms with van der Waals surface area (Å²) in [5, 5.41) is 10.8. The number of methoxy groups -OCH3 is 2. The third-order valence-corrected chi connectivity index (χ3v) is 3.47. The number of carbonyl (C=O) groups is 1. The van der Waals surface area contributed by atoms with Gasteiger partial charge in [-0.25, -0.2) is 4.79 Å². The van der Waals surface area contributed by atoms with Crippen LogP contribution in [-0.2, 0) is 14.2 Å². The van der Waals surface area contributed by atoms with Gasteiger partial charge in [-0.05, 0) is 35.0 Å². The first-order valence-corrected chi connectivity index (χ1v) is 6.16. The Morgan fingerprint density at radius 3 is 2.20 bits per heavy atom. The van der Waals surface area contributed by atoms with Gasteiger partial charge in [-0.2, -0.15) is 0 Å². The van der Waals surface area contributed by atoms with E-state index in [1.165, 1.54) is 0 Å². The Morgan fingerprint density at radius 2 is 1.65 bits per heavy atom. The molecule has 0 saturated carbocycles. The molecule has 104 valence electrons. The van der Waals surface area contributed by atoms with Gasteiger partial charge in [-0.15, -0.1) is 0 Å². The predicted molar refractivity (Wildman–Crippen MR) is 71.5 cm³/mol. The molecule has 2 aromatic carbocycles. The summed E-state index contributed by atoms with van der Waals surface area (Å²) >= 11 is 0. The number of rotatable bonds is 3. The van der Waals surface area contributed by atoms with Crippen LogP contribution in [0.1, 0.15) is 34.1 Å². The van der Waals surface area contributed by atoms with E-state index >= 15 is 0 Å². The van der Waals surface area contributed by atoms with Crippen molar-refractivity contribution in [1.29, 1.82) is 0 Å². The molecule has 0 unspecified atom stereocenters. The van der Waals surface area contributed by atoms with Crippen LogP contribution in [0.2, 0.25) is 0 Å². The molecular weight excluding hydrogens is 260 g/mol. The first-order chi connectivity index (χ1) is 9.63. The highest BCUT2D eigenvalue weighted by atomic mass is 16.8. The molecule has 0 saturated heterocycles. The Bertz CT molecular complexity index is 679. The van der Waals surface area contributed by atoms with E-state index in [0.717, 1.165) is 21.9 Å². The Kier molecular flexibility index (Phi) is 3.17. The summed E-state index contributed by atoms with van der Waals surface area (Å²) in [6.45, 7) is 0. The second-order valence-corrected chi connectivity index (χ2v) is 4.62. The van der Waals surface area contributed by atoms with Crippen LogP contribution in [0.5, 0.6) is 0 Å². The minimum Gasteiger partial charge on any atom is -0.478 e. The highest BCUT2D eigenvalue weighted by Crippen LogP contribution is 2.41. The number of aromatic carboxylic acids is 1. The van der Waals surface area contributed by atoms with Gasteiger partial charge in [0.15, 0.2) is 12.6 Å². The molecule has 20 heavy (non-hydrogen) atoms. The molecule has 1 aliphatic heterocycles. The van der Waals surface area contributed by atoms with Crippen LogP contribution < -0.4 is 0 Å². The second kappa shape index (κ2) is 4.86. The van der Waals surface area contributed by atoms with Gasteiger partial charge in [0.2, 0.25) is 0 Å². The molecular formula is C15H14O5. The van der Waals surface area contributed by atoms with Crippen LogP contribution in [0.4, 0.5) is 0 Å². The van der Waals surface area contributed by atoms with E-state index in [-0.39, 0.29) is 5.56 Å². The monoisotopic (exact) mass is 274 g/mol. The summed E-state index contributed by atoms with van der Waals surface area (Å²) in [6.07, 6.45) is -0.952. The third kappa shape index (κ3) is 1.96. The van der Waals surface area contributed by atoms with E-state index in [4.69, 9.17) is 19.3 Å². The van der Waals surface area contributed by atoms with Crippen molar-refractivity contribution in [2.75, 3.05) is 14.2 Å². The lowest BCUT2D eigenvalue weighted by Gasteiger charge is -2.10. The average molecular weight is 274 g/mol. The van der Waals surface area contributed by atoms with Crippen molar-refractivity contribution in [1.82, 2.24) is 0 Å². The van der Waals surface area contributed by atoms with Crippen LogP contribution in [0.3, 0.4) is 0 Å². The highest BCUT2D eigenvalue weighted by Gasteiger charge is 2.32. The molecule has 0 radical (unpaired) electrons. The molecule has 5 nitrogen and oxygen atoms in total. The lowest BCUT2D eigenvalue weighted by atomic mass is 10.00. The number of benzene rings is 2. The molecule has 1 N–H and O–H groups in total. The van der Waals surface area contributed by atoms with Crippen LogP contribution in [0.15, 0.2) is 30.3 Å². The van der Waals surface area contributed by atoms with Gasteiger partial charge in [0.05, 0.1) is 5.56 Å². The van der Waals surface area contributed by atoms with E-state index in [1.54, 1.807) is 32.4 Å². The quantitative estimate of drug-likeness (QED) is 0.932. The van der Waals surface area contributed by atoms with Crippen LogP contribution in [0, 0.1) is 0 Å². The van der Waals surface area contributed by atoms with Crippen LogP contribution in [-0.4, -0.2) is 25.3 Å². The van der Waals surface area contributed by atoms with E-state index < -0.39 is 18.5 Å². The molecule has 2 aromatic rings. The van der Waals surface area contributed by atoms with Gasteiger partial charge in [0.1, 0.15) is 0 Å². The SMILES string of the molecule is CO[C@@H]1O[C@@H](OC)c2cc3cc(C(=O)O)ccc3cc21. The van der Waals surface area contributed by atoms with Gasteiger partial charge in [-0.3, -0.25) is 0 Å². The predicted octanol–water partition coefficient (Wildman–Crippen LogP) is 2.86. The molecule has 0 aliphatic carbocycles. The summed E-state index contributed by atoms with van der Waals surface area (Å²) in [7, 11) is 3.13. The topological polar surface area (TPSA) is 65.0 Å². The fraction of sp³-hybridized carbons (Fsp3) is 0.267. The van der Waals surface area contributed by atoms with Crippen molar-refractivity contribution >= 4 is 16.7 Å². The molecule has 1 aliphatic rings. The molecule has 0 bridgehead atoms. The van der Waals surface area contributed by atoms with Gasteiger partial charge in [-0.1, -0.05) is 6.07 Å². The minimum atomic E-state index is -0.943. The molecule has 0 spiro atoms. The average Bonchev–Trinajstić information content (AvgIpc) is 2.81. The van der Waals surface area contributed by atoms with Crippen molar-refractivity contribution in [3.63, 3.8) is 0 Å². The summed E-state index contributed by atoms with van der Waals surface area (Å²) in [5.74, 6) is -0.943. The molecule has 0 aromatic heterocycles. The maximum atomic E-state index is 11.0. The van der Waals surface area contributed by atoms with E-state index in [1.807, 2.05) is 12.1 Å². The second-order valence-electron chi connectivity index (χ2n) is 4.62. The van der Waals surface area contributed by atoms with Crippen molar-refractivity contribution < 1.29 is 24.1 Å². The van der Waals surface area contributed by atoms with E-state index in [0.29, 0.717) is 0 Å². The molecule has 0 amide bonds.